The van der Waals surface area contributed by atoms with Crippen molar-refractivity contribution in [2.24, 2.45) is 17.3 Å². The van der Waals surface area contributed by atoms with Crippen molar-refractivity contribution in [3.63, 3.8) is 0 Å². The number of hydrogen-bond acceptors (Lipinski definition) is 2. The third-order valence-electron chi connectivity index (χ3n) is 4.67. The number of rotatable bonds is 3. The Bertz CT molecular complexity index is 407. The van der Waals surface area contributed by atoms with E-state index in [1.807, 2.05) is 11.3 Å². The molecule has 1 saturated carbocycles. The zero-order valence-corrected chi connectivity index (χ0v) is 14.1. The zero-order valence-electron chi connectivity index (χ0n) is 12.5. The Hall–Kier alpha value is -0.0500. The van der Waals surface area contributed by atoms with Gasteiger partial charge in [0.25, 0.3) is 0 Å². The van der Waals surface area contributed by atoms with Gasteiger partial charge in [-0.1, -0.05) is 32.4 Å². The maximum Gasteiger partial charge on any atom is 0.0547 e. The van der Waals surface area contributed by atoms with E-state index < -0.39 is 0 Å². The number of halogens is 1. The van der Waals surface area contributed by atoms with E-state index in [1.165, 1.54) is 24.1 Å². The molecule has 3 unspecified atom stereocenters. The molecule has 1 aromatic rings. The molecule has 3 heteroatoms. The van der Waals surface area contributed by atoms with E-state index in [1.54, 1.807) is 0 Å². The van der Waals surface area contributed by atoms with Crippen LogP contribution in [0.15, 0.2) is 11.4 Å². The minimum Gasteiger partial charge on any atom is -0.319 e. The minimum absolute atomic E-state index is 0.409. The summed E-state index contributed by atoms with van der Waals surface area (Å²) in [6.45, 7) is 8.24. The highest BCUT2D eigenvalue weighted by atomic mass is 35.5. The van der Waals surface area contributed by atoms with Gasteiger partial charge in [-0.25, -0.2) is 0 Å². The maximum absolute atomic E-state index is 6.39. The molecule has 108 valence electrons. The van der Waals surface area contributed by atoms with E-state index in [0.717, 1.165) is 23.4 Å². The molecule has 1 heterocycles. The van der Waals surface area contributed by atoms with Gasteiger partial charge in [-0.2, -0.15) is 0 Å². The Morgan fingerprint density at radius 2 is 2.11 bits per heavy atom. The molecule has 1 aliphatic rings. The van der Waals surface area contributed by atoms with E-state index in [0.29, 0.717) is 11.3 Å². The predicted octanol–water partition coefficient (Wildman–Crippen LogP) is 5.17. The largest absolute Gasteiger partial charge is 0.319 e. The zero-order chi connectivity index (χ0) is 14.0. The first-order chi connectivity index (χ1) is 8.93. The van der Waals surface area contributed by atoms with Crippen molar-refractivity contribution >= 4 is 22.9 Å². The van der Waals surface area contributed by atoms with Crippen molar-refractivity contribution in [2.75, 3.05) is 13.6 Å². The second kappa shape index (κ2) is 6.15. The van der Waals surface area contributed by atoms with Gasteiger partial charge in [0.1, 0.15) is 0 Å². The summed E-state index contributed by atoms with van der Waals surface area (Å²) in [5.74, 6) is 2.18. The molecule has 1 N–H and O–H groups in total. The molecule has 1 aromatic heterocycles. The van der Waals surface area contributed by atoms with Crippen molar-refractivity contribution in [1.82, 2.24) is 5.32 Å². The van der Waals surface area contributed by atoms with Crippen LogP contribution >= 0.6 is 22.9 Å². The van der Waals surface area contributed by atoms with Crippen molar-refractivity contribution in [3.05, 3.63) is 21.3 Å². The molecular weight excluding hydrogens is 274 g/mol. The van der Waals surface area contributed by atoms with Gasteiger partial charge in [0.15, 0.2) is 0 Å². The average molecular weight is 300 g/mol. The molecule has 0 spiro atoms. The number of nitrogens with one attached hydrogen (secondary N) is 1. The molecule has 1 fully saturated rings. The lowest BCUT2D eigenvalue weighted by molar-refractivity contribution is 0.131. The topological polar surface area (TPSA) is 12.0 Å². The Morgan fingerprint density at radius 3 is 2.63 bits per heavy atom. The second-order valence-electron chi connectivity index (χ2n) is 6.93. The van der Waals surface area contributed by atoms with Crippen LogP contribution in [-0.2, 0) is 0 Å². The molecule has 0 amide bonds. The van der Waals surface area contributed by atoms with Crippen LogP contribution < -0.4 is 5.32 Å². The van der Waals surface area contributed by atoms with E-state index in [-0.39, 0.29) is 0 Å². The minimum atomic E-state index is 0.409. The average Bonchev–Trinajstić information content (AvgIpc) is 2.75. The third-order valence-corrected chi connectivity index (χ3v) is 6.16. The molecule has 0 bridgehead atoms. The lowest BCUT2D eigenvalue weighted by atomic mass is 9.65. The van der Waals surface area contributed by atoms with Crippen LogP contribution in [0.2, 0.25) is 5.02 Å². The molecule has 0 aromatic carbocycles. The first-order valence-electron chi connectivity index (χ1n) is 7.31. The summed E-state index contributed by atoms with van der Waals surface area (Å²) in [7, 11) is 2.06. The van der Waals surface area contributed by atoms with Crippen LogP contribution in [0.1, 0.15) is 50.8 Å². The van der Waals surface area contributed by atoms with E-state index in [9.17, 15) is 0 Å². The highest BCUT2D eigenvalue weighted by Gasteiger charge is 2.37. The van der Waals surface area contributed by atoms with Crippen LogP contribution in [0.4, 0.5) is 0 Å². The highest BCUT2D eigenvalue weighted by Crippen LogP contribution is 2.49. The van der Waals surface area contributed by atoms with E-state index in [2.05, 4.69) is 44.6 Å². The first kappa shape index (κ1) is 15.3. The fourth-order valence-electron chi connectivity index (χ4n) is 3.42. The maximum atomic E-state index is 6.39. The summed E-state index contributed by atoms with van der Waals surface area (Å²) in [5.41, 5.74) is 0.409. The first-order valence-corrected chi connectivity index (χ1v) is 8.56. The van der Waals surface area contributed by atoms with Crippen molar-refractivity contribution < 1.29 is 0 Å². The van der Waals surface area contributed by atoms with Crippen LogP contribution in [0, 0.1) is 17.3 Å². The van der Waals surface area contributed by atoms with Gasteiger partial charge in [-0.05, 0) is 67.5 Å². The Morgan fingerprint density at radius 1 is 1.37 bits per heavy atom. The van der Waals surface area contributed by atoms with Crippen LogP contribution in [0.3, 0.4) is 0 Å². The molecule has 0 saturated heterocycles. The van der Waals surface area contributed by atoms with Crippen LogP contribution in [0.5, 0.6) is 0 Å². The summed E-state index contributed by atoms with van der Waals surface area (Å²) in [6.07, 6.45) is 3.97. The molecule has 0 aliphatic heterocycles. The molecule has 1 aliphatic carbocycles. The Kier molecular flexibility index (Phi) is 4.97. The van der Waals surface area contributed by atoms with Gasteiger partial charge >= 0.3 is 0 Å². The van der Waals surface area contributed by atoms with Crippen LogP contribution in [0.25, 0.3) is 0 Å². The Labute approximate surface area is 126 Å². The lowest BCUT2D eigenvalue weighted by Crippen LogP contribution is -2.34. The quantitative estimate of drug-likeness (QED) is 0.812. The molecule has 3 atom stereocenters. The van der Waals surface area contributed by atoms with Crippen LogP contribution in [-0.4, -0.2) is 13.6 Å². The second-order valence-corrected chi connectivity index (χ2v) is 8.29. The number of thiophene rings is 1. The SMILES string of the molecule is CNCC1CCC(C(C)(C)C)CC1c1sccc1Cl. The summed E-state index contributed by atoms with van der Waals surface area (Å²) in [6, 6.07) is 2.05. The monoisotopic (exact) mass is 299 g/mol. The molecule has 19 heavy (non-hydrogen) atoms. The number of hydrogen-bond donors (Lipinski definition) is 1. The highest BCUT2D eigenvalue weighted by molar-refractivity contribution is 7.10. The standard InChI is InChI=1S/C16H26ClNS/c1-16(2,3)12-6-5-11(10-18-4)13(9-12)15-14(17)7-8-19-15/h7-8,11-13,18H,5-6,9-10H2,1-4H3. The van der Waals surface area contributed by atoms with Gasteiger partial charge in [0.05, 0.1) is 5.02 Å². The van der Waals surface area contributed by atoms with Gasteiger partial charge in [0.2, 0.25) is 0 Å². The molecule has 1 nitrogen and oxygen atoms in total. The van der Waals surface area contributed by atoms with Gasteiger partial charge in [-0.15, -0.1) is 11.3 Å². The predicted molar refractivity (Wildman–Crippen MR) is 86.3 cm³/mol. The third kappa shape index (κ3) is 3.53. The molecular formula is C16H26ClNS. The normalized spacial score (nSPS) is 28.6. The van der Waals surface area contributed by atoms with Gasteiger partial charge in [-0.3, -0.25) is 0 Å². The fraction of sp³-hybridized carbons (Fsp3) is 0.750. The van der Waals surface area contributed by atoms with Crippen molar-refractivity contribution in [3.8, 4) is 0 Å². The lowest BCUT2D eigenvalue weighted by Gasteiger charge is -2.41. The van der Waals surface area contributed by atoms with Gasteiger partial charge < -0.3 is 5.32 Å². The summed E-state index contributed by atoms with van der Waals surface area (Å²) < 4.78 is 0. The molecule has 2 rings (SSSR count). The van der Waals surface area contributed by atoms with Gasteiger partial charge in [0, 0.05) is 4.88 Å². The van der Waals surface area contributed by atoms with Crippen molar-refractivity contribution in [2.45, 2.75) is 46.0 Å². The smallest absolute Gasteiger partial charge is 0.0547 e. The van der Waals surface area contributed by atoms with E-state index >= 15 is 0 Å². The Balaban J connectivity index is 2.20. The fourth-order valence-corrected chi connectivity index (χ4v) is 4.82. The van der Waals surface area contributed by atoms with E-state index in [4.69, 9.17) is 11.6 Å². The summed E-state index contributed by atoms with van der Waals surface area (Å²) >= 11 is 8.23. The van der Waals surface area contributed by atoms with Crippen molar-refractivity contribution in [1.29, 1.82) is 0 Å². The summed E-state index contributed by atoms with van der Waals surface area (Å²) in [4.78, 5) is 1.41. The summed E-state index contributed by atoms with van der Waals surface area (Å²) in [5, 5.41) is 6.48. The molecule has 0 radical (unpaired) electrons.